The summed E-state index contributed by atoms with van der Waals surface area (Å²) < 4.78 is 5.25. The molecule has 0 radical (unpaired) electrons. The fourth-order valence-electron chi connectivity index (χ4n) is 2.66. The van der Waals surface area contributed by atoms with Crippen molar-refractivity contribution in [2.75, 3.05) is 13.2 Å². The van der Waals surface area contributed by atoms with Crippen LogP contribution in [0.2, 0.25) is 0 Å². The van der Waals surface area contributed by atoms with Crippen molar-refractivity contribution >= 4 is 5.91 Å². The van der Waals surface area contributed by atoms with Crippen molar-refractivity contribution in [1.29, 1.82) is 0 Å². The Balaban J connectivity index is 1.66. The Labute approximate surface area is 133 Å². The van der Waals surface area contributed by atoms with Gasteiger partial charge in [0, 0.05) is 18.4 Å². The highest BCUT2D eigenvalue weighted by molar-refractivity contribution is 5.94. The third-order valence-corrected chi connectivity index (χ3v) is 4.01. The number of ether oxygens (including phenoxy) is 1. The maximum absolute atomic E-state index is 12.3. The average molecular weight is 317 g/mol. The van der Waals surface area contributed by atoms with Gasteiger partial charge in [0.2, 0.25) is 0 Å². The van der Waals surface area contributed by atoms with E-state index in [9.17, 15) is 9.90 Å². The average Bonchev–Trinajstić information content (AvgIpc) is 3.11. The Morgan fingerprint density at radius 3 is 2.78 bits per heavy atom. The number of rotatable bonds is 4. The topological polar surface area (TPSA) is 107 Å². The minimum Gasteiger partial charge on any atom is -0.394 e. The van der Waals surface area contributed by atoms with Gasteiger partial charge in [-0.05, 0) is 30.2 Å². The number of hydrogen-bond donors (Lipinski definition) is 4. The van der Waals surface area contributed by atoms with Gasteiger partial charge in [-0.1, -0.05) is 12.1 Å². The van der Waals surface area contributed by atoms with Crippen LogP contribution < -0.4 is 5.32 Å². The van der Waals surface area contributed by atoms with Gasteiger partial charge in [-0.2, -0.15) is 5.10 Å². The van der Waals surface area contributed by atoms with Crippen LogP contribution >= 0.6 is 0 Å². The van der Waals surface area contributed by atoms with E-state index in [4.69, 9.17) is 9.84 Å². The normalized spacial score (nSPS) is 24.3. The van der Waals surface area contributed by atoms with Crippen molar-refractivity contribution in [2.45, 2.75) is 24.7 Å². The Morgan fingerprint density at radius 2 is 2.13 bits per heavy atom. The molecule has 1 aromatic heterocycles. The molecule has 0 saturated carbocycles. The number of nitrogens with zero attached hydrogens (tertiary/aromatic N) is 1. The molecule has 1 aliphatic heterocycles. The zero-order valence-corrected chi connectivity index (χ0v) is 12.5. The van der Waals surface area contributed by atoms with Gasteiger partial charge in [0.05, 0.1) is 18.3 Å². The van der Waals surface area contributed by atoms with Crippen LogP contribution in [0.1, 0.15) is 16.8 Å². The molecule has 0 spiro atoms. The first kappa shape index (κ1) is 15.7. The predicted molar refractivity (Wildman–Crippen MR) is 82.7 cm³/mol. The molecule has 1 saturated heterocycles. The number of amides is 1. The zero-order chi connectivity index (χ0) is 16.2. The second-order valence-corrected chi connectivity index (χ2v) is 5.50. The van der Waals surface area contributed by atoms with E-state index in [2.05, 4.69) is 15.5 Å². The first-order valence-electron chi connectivity index (χ1n) is 7.50. The third-order valence-electron chi connectivity index (χ3n) is 4.01. The summed E-state index contributed by atoms with van der Waals surface area (Å²) in [5.41, 5.74) is 2.32. The Kier molecular flexibility index (Phi) is 4.71. The van der Waals surface area contributed by atoms with Gasteiger partial charge in [-0.15, -0.1) is 0 Å². The number of aromatic nitrogens is 2. The molecule has 3 atom stereocenters. The lowest BCUT2D eigenvalue weighted by Crippen LogP contribution is -2.54. The molecule has 2 heterocycles. The highest BCUT2D eigenvalue weighted by atomic mass is 16.5. The molecule has 1 aromatic carbocycles. The zero-order valence-electron chi connectivity index (χ0n) is 12.5. The summed E-state index contributed by atoms with van der Waals surface area (Å²) in [6.07, 6.45) is 0.606. The lowest BCUT2D eigenvalue weighted by atomic mass is 9.99. The number of aliphatic hydroxyl groups excluding tert-OH is 2. The van der Waals surface area contributed by atoms with Crippen molar-refractivity contribution in [3.8, 4) is 11.3 Å². The van der Waals surface area contributed by atoms with Crippen LogP contribution in [0.5, 0.6) is 0 Å². The smallest absolute Gasteiger partial charge is 0.251 e. The molecule has 0 bridgehead atoms. The Hall–Kier alpha value is -2.22. The second-order valence-electron chi connectivity index (χ2n) is 5.50. The van der Waals surface area contributed by atoms with Crippen molar-refractivity contribution in [3.05, 3.63) is 42.1 Å². The van der Waals surface area contributed by atoms with E-state index in [1.54, 1.807) is 18.3 Å². The van der Waals surface area contributed by atoms with Gasteiger partial charge in [-0.25, -0.2) is 0 Å². The van der Waals surface area contributed by atoms with E-state index in [-0.39, 0.29) is 12.5 Å². The monoisotopic (exact) mass is 317 g/mol. The number of aromatic amines is 1. The van der Waals surface area contributed by atoms with Gasteiger partial charge in [0.15, 0.2) is 0 Å². The standard InChI is InChI=1S/C16H19N3O4/c20-9-14-15(21)13(6-8-23-14)18-16(22)11-3-1-10(2-4-11)12-5-7-17-19-12/h1-5,7,13-15,20-21H,6,8-9H2,(H,17,19)(H,18,22)/t13-,14+,15-/m0/s1. The molecule has 4 N–H and O–H groups in total. The van der Waals surface area contributed by atoms with Crippen molar-refractivity contribution in [1.82, 2.24) is 15.5 Å². The molecule has 7 nitrogen and oxygen atoms in total. The first-order valence-corrected chi connectivity index (χ1v) is 7.50. The summed E-state index contributed by atoms with van der Waals surface area (Å²) >= 11 is 0. The van der Waals surface area contributed by atoms with Crippen molar-refractivity contribution < 1.29 is 19.7 Å². The predicted octanol–water partition coefficient (Wildman–Crippen LogP) is 0.317. The molecule has 1 aliphatic rings. The van der Waals surface area contributed by atoms with Gasteiger partial charge in [0.25, 0.3) is 5.91 Å². The number of aliphatic hydroxyl groups is 2. The highest BCUT2D eigenvalue weighted by Gasteiger charge is 2.33. The molecule has 2 aromatic rings. The molecule has 0 aliphatic carbocycles. The molecule has 23 heavy (non-hydrogen) atoms. The number of H-pyrrole nitrogens is 1. The van der Waals surface area contributed by atoms with Crippen LogP contribution in [0.4, 0.5) is 0 Å². The van der Waals surface area contributed by atoms with Crippen LogP contribution in [0.3, 0.4) is 0 Å². The number of nitrogens with one attached hydrogen (secondary N) is 2. The van der Waals surface area contributed by atoms with E-state index in [0.29, 0.717) is 18.6 Å². The largest absolute Gasteiger partial charge is 0.394 e. The number of hydrogen-bond acceptors (Lipinski definition) is 5. The van der Waals surface area contributed by atoms with Gasteiger partial charge in [-0.3, -0.25) is 9.89 Å². The minimum atomic E-state index is -0.915. The summed E-state index contributed by atoms with van der Waals surface area (Å²) in [6.45, 7) is 0.123. The number of benzene rings is 1. The lowest BCUT2D eigenvalue weighted by molar-refractivity contribution is -0.107. The summed E-state index contributed by atoms with van der Waals surface area (Å²) in [5, 5.41) is 28.8. The Bertz CT molecular complexity index is 642. The molecule has 3 rings (SSSR count). The van der Waals surface area contributed by atoms with Gasteiger partial charge < -0.3 is 20.3 Å². The minimum absolute atomic E-state index is 0.260. The summed E-state index contributed by atoms with van der Waals surface area (Å²) in [4.78, 5) is 12.3. The van der Waals surface area contributed by atoms with E-state index in [0.717, 1.165) is 11.3 Å². The summed E-state index contributed by atoms with van der Waals surface area (Å²) in [5.74, 6) is -0.260. The van der Waals surface area contributed by atoms with E-state index < -0.39 is 18.2 Å². The Morgan fingerprint density at radius 1 is 1.35 bits per heavy atom. The molecular formula is C16H19N3O4. The fraction of sp³-hybridized carbons (Fsp3) is 0.375. The molecule has 122 valence electrons. The SMILES string of the molecule is O=C(N[C@H]1CCO[C@H](CO)[C@H]1O)c1ccc(-c2ccn[nH]2)cc1. The maximum Gasteiger partial charge on any atom is 0.251 e. The molecule has 1 amide bonds. The summed E-state index contributed by atoms with van der Waals surface area (Å²) in [7, 11) is 0. The van der Waals surface area contributed by atoms with Crippen LogP contribution in [0.15, 0.2) is 36.5 Å². The molecule has 1 fully saturated rings. The van der Waals surface area contributed by atoms with E-state index in [1.165, 1.54) is 0 Å². The highest BCUT2D eigenvalue weighted by Crippen LogP contribution is 2.18. The van der Waals surface area contributed by atoms with Gasteiger partial charge in [0.1, 0.15) is 12.2 Å². The van der Waals surface area contributed by atoms with Crippen LogP contribution in [-0.4, -0.2) is 57.8 Å². The van der Waals surface area contributed by atoms with E-state index in [1.807, 2.05) is 18.2 Å². The van der Waals surface area contributed by atoms with Gasteiger partial charge >= 0.3 is 0 Å². The van der Waals surface area contributed by atoms with E-state index >= 15 is 0 Å². The van der Waals surface area contributed by atoms with Crippen LogP contribution in [0, 0.1) is 0 Å². The van der Waals surface area contributed by atoms with Crippen molar-refractivity contribution in [3.63, 3.8) is 0 Å². The molecule has 0 unspecified atom stereocenters. The second kappa shape index (κ2) is 6.91. The molecular weight excluding hydrogens is 298 g/mol. The van der Waals surface area contributed by atoms with Crippen LogP contribution in [-0.2, 0) is 4.74 Å². The van der Waals surface area contributed by atoms with Crippen LogP contribution in [0.25, 0.3) is 11.3 Å². The quantitative estimate of drug-likeness (QED) is 0.649. The summed E-state index contributed by atoms with van der Waals surface area (Å²) in [6, 6.07) is 8.53. The van der Waals surface area contributed by atoms with Crippen molar-refractivity contribution in [2.24, 2.45) is 0 Å². The third kappa shape index (κ3) is 3.42. The maximum atomic E-state index is 12.3. The fourth-order valence-corrected chi connectivity index (χ4v) is 2.66. The number of carbonyl (C=O) groups excluding carboxylic acids is 1. The first-order chi connectivity index (χ1) is 11.2. The molecule has 7 heteroatoms. The number of carbonyl (C=O) groups is 1. The lowest BCUT2D eigenvalue weighted by Gasteiger charge is -2.34.